The van der Waals surface area contributed by atoms with Crippen molar-refractivity contribution in [3.05, 3.63) is 66.1 Å². The quantitative estimate of drug-likeness (QED) is 0.717. The smallest absolute Gasteiger partial charge is 0.305 e. The van der Waals surface area contributed by atoms with Gasteiger partial charge < -0.3 is 9.15 Å². The first kappa shape index (κ1) is 16.6. The summed E-state index contributed by atoms with van der Waals surface area (Å²) in [5.74, 6) is -0.327. The highest BCUT2D eigenvalue weighted by molar-refractivity contribution is 5.94. The fourth-order valence-electron chi connectivity index (χ4n) is 2.49. The number of hydrogen-bond acceptors (Lipinski definition) is 4. The van der Waals surface area contributed by atoms with Crippen molar-refractivity contribution in [3.63, 3.8) is 0 Å². The van der Waals surface area contributed by atoms with Gasteiger partial charge in [-0.3, -0.25) is 20.4 Å². The Hall–Kier alpha value is -3.28. The molecule has 2 amide bonds. The average Bonchev–Trinajstić information content (AvgIpc) is 3.19. The van der Waals surface area contributed by atoms with Gasteiger partial charge >= 0.3 is 5.91 Å². The second-order valence-electron chi connectivity index (χ2n) is 5.61. The number of benzene rings is 2. The number of carbonyl (C=O) groups excluding carboxylic acids is 2. The SMILES string of the molecule is COc1ccc2cc([C@@H](C)C(=O)NNC(=O)c3ccco3)ccc2c1. The van der Waals surface area contributed by atoms with Gasteiger partial charge in [0.05, 0.1) is 19.3 Å². The van der Waals surface area contributed by atoms with Crippen LogP contribution in [0.2, 0.25) is 0 Å². The molecular weight excluding hydrogens is 320 g/mol. The molecule has 0 spiro atoms. The number of rotatable bonds is 4. The van der Waals surface area contributed by atoms with Crippen molar-refractivity contribution >= 4 is 22.6 Å². The van der Waals surface area contributed by atoms with Gasteiger partial charge in [0.25, 0.3) is 0 Å². The minimum Gasteiger partial charge on any atom is -0.497 e. The molecule has 1 atom stereocenters. The molecule has 0 aliphatic heterocycles. The van der Waals surface area contributed by atoms with E-state index in [4.69, 9.17) is 9.15 Å². The maximum atomic E-state index is 12.3. The van der Waals surface area contributed by atoms with Crippen molar-refractivity contribution < 1.29 is 18.7 Å². The van der Waals surface area contributed by atoms with Crippen LogP contribution >= 0.6 is 0 Å². The molecule has 2 aromatic carbocycles. The molecule has 0 unspecified atom stereocenters. The Morgan fingerprint density at radius 3 is 2.52 bits per heavy atom. The summed E-state index contributed by atoms with van der Waals surface area (Å²) in [6, 6.07) is 14.7. The number of hydrazine groups is 1. The van der Waals surface area contributed by atoms with Gasteiger partial charge in [0.15, 0.2) is 5.76 Å². The summed E-state index contributed by atoms with van der Waals surface area (Å²) in [6.07, 6.45) is 1.39. The van der Waals surface area contributed by atoms with Crippen LogP contribution in [0.5, 0.6) is 5.75 Å². The molecule has 0 aliphatic rings. The Bertz CT molecular complexity index is 903. The zero-order valence-corrected chi connectivity index (χ0v) is 13.9. The second-order valence-corrected chi connectivity index (χ2v) is 5.61. The highest BCUT2D eigenvalue weighted by Gasteiger charge is 2.17. The van der Waals surface area contributed by atoms with Crippen LogP contribution in [0.15, 0.2) is 59.2 Å². The van der Waals surface area contributed by atoms with E-state index < -0.39 is 11.8 Å². The summed E-state index contributed by atoms with van der Waals surface area (Å²) < 4.78 is 10.2. The number of ether oxygens (including phenoxy) is 1. The van der Waals surface area contributed by atoms with Crippen LogP contribution in [0, 0.1) is 0 Å². The first-order valence-corrected chi connectivity index (χ1v) is 7.80. The van der Waals surface area contributed by atoms with Gasteiger partial charge in [-0.15, -0.1) is 0 Å². The summed E-state index contributed by atoms with van der Waals surface area (Å²) in [7, 11) is 1.62. The molecule has 3 aromatic rings. The molecule has 3 rings (SSSR count). The number of fused-ring (bicyclic) bond motifs is 1. The van der Waals surface area contributed by atoms with Crippen molar-refractivity contribution in [2.24, 2.45) is 0 Å². The fraction of sp³-hybridized carbons (Fsp3) is 0.158. The molecule has 2 N–H and O–H groups in total. The van der Waals surface area contributed by atoms with Crippen molar-refractivity contribution in [1.82, 2.24) is 10.9 Å². The average molecular weight is 338 g/mol. The van der Waals surface area contributed by atoms with Crippen molar-refractivity contribution in [3.8, 4) is 5.75 Å². The molecule has 128 valence electrons. The van der Waals surface area contributed by atoms with Crippen LogP contribution in [0.1, 0.15) is 29.0 Å². The molecule has 0 bridgehead atoms. The van der Waals surface area contributed by atoms with E-state index in [1.165, 1.54) is 12.3 Å². The first-order valence-electron chi connectivity index (χ1n) is 7.80. The van der Waals surface area contributed by atoms with Crippen molar-refractivity contribution in [1.29, 1.82) is 0 Å². The van der Waals surface area contributed by atoms with E-state index in [-0.39, 0.29) is 11.7 Å². The summed E-state index contributed by atoms with van der Waals surface area (Å²) >= 11 is 0. The summed E-state index contributed by atoms with van der Waals surface area (Å²) in [5, 5.41) is 2.04. The summed E-state index contributed by atoms with van der Waals surface area (Å²) in [4.78, 5) is 24.1. The van der Waals surface area contributed by atoms with E-state index in [1.807, 2.05) is 36.4 Å². The van der Waals surface area contributed by atoms with Crippen LogP contribution in [0.4, 0.5) is 0 Å². The molecule has 6 nitrogen and oxygen atoms in total. The maximum absolute atomic E-state index is 12.3. The zero-order valence-electron chi connectivity index (χ0n) is 13.9. The van der Waals surface area contributed by atoms with Crippen LogP contribution < -0.4 is 15.6 Å². The zero-order chi connectivity index (χ0) is 17.8. The van der Waals surface area contributed by atoms with Gasteiger partial charge in [0.2, 0.25) is 5.91 Å². The number of methoxy groups -OCH3 is 1. The number of amides is 2. The third kappa shape index (κ3) is 3.63. The second kappa shape index (κ2) is 7.09. The predicted octanol–water partition coefficient (Wildman–Crippen LogP) is 3.01. The Balaban J connectivity index is 1.69. The van der Waals surface area contributed by atoms with Gasteiger partial charge in [-0.2, -0.15) is 0 Å². The van der Waals surface area contributed by atoms with E-state index in [0.717, 1.165) is 22.1 Å². The topological polar surface area (TPSA) is 80.6 Å². The van der Waals surface area contributed by atoms with E-state index >= 15 is 0 Å². The number of carbonyl (C=O) groups is 2. The lowest BCUT2D eigenvalue weighted by Crippen LogP contribution is -2.43. The van der Waals surface area contributed by atoms with Gasteiger partial charge in [-0.1, -0.05) is 24.3 Å². The normalized spacial score (nSPS) is 11.8. The third-order valence-corrected chi connectivity index (χ3v) is 4.01. The Morgan fingerprint density at radius 1 is 1.04 bits per heavy atom. The molecule has 0 fully saturated rings. The summed E-state index contributed by atoms with van der Waals surface area (Å²) in [5.41, 5.74) is 5.61. The molecule has 6 heteroatoms. The van der Waals surface area contributed by atoms with Gasteiger partial charge in [0.1, 0.15) is 5.75 Å². The lowest BCUT2D eigenvalue weighted by Gasteiger charge is -2.14. The fourth-order valence-corrected chi connectivity index (χ4v) is 2.49. The molecule has 25 heavy (non-hydrogen) atoms. The first-order chi connectivity index (χ1) is 12.1. The standard InChI is InChI=1S/C19H18N2O4/c1-12(18(22)20-21-19(23)17-4-3-9-25-17)13-5-6-15-11-16(24-2)8-7-14(15)10-13/h3-12H,1-2H3,(H,20,22)(H,21,23)/t12-/m1/s1. The van der Waals surface area contributed by atoms with Gasteiger partial charge in [-0.05, 0) is 47.5 Å². The number of hydrogen-bond donors (Lipinski definition) is 2. The van der Waals surface area contributed by atoms with Gasteiger partial charge in [0, 0.05) is 0 Å². The Morgan fingerprint density at radius 2 is 1.80 bits per heavy atom. The molecule has 0 saturated carbocycles. The van der Waals surface area contributed by atoms with Crippen molar-refractivity contribution in [2.75, 3.05) is 7.11 Å². The lowest BCUT2D eigenvalue weighted by molar-refractivity contribution is -0.123. The van der Waals surface area contributed by atoms with E-state index in [0.29, 0.717) is 0 Å². The predicted molar refractivity (Wildman–Crippen MR) is 93.2 cm³/mol. The van der Waals surface area contributed by atoms with E-state index in [9.17, 15) is 9.59 Å². The number of nitrogens with one attached hydrogen (secondary N) is 2. The minimum absolute atomic E-state index is 0.132. The van der Waals surface area contributed by atoms with Crippen molar-refractivity contribution in [2.45, 2.75) is 12.8 Å². The Kier molecular flexibility index (Phi) is 4.70. The minimum atomic E-state index is -0.504. The molecule has 1 heterocycles. The monoisotopic (exact) mass is 338 g/mol. The maximum Gasteiger partial charge on any atom is 0.305 e. The molecular formula is C19H18N2O4. The van der Waals surface area contributed by atoms with E-state index in [1.54, 1.807) is 20.1 Å². The van der Waals surface area contributed by atoms with Gasteiger partial charge in [-0.25, -0.2) is 0 Å². The Labute approximate surface area is 144 Å². The largest absolute Gasteiger partial charge is 0.497 e. The molecule has 0 saturated heterocycles. The van der Waals surface area contributed by atoms with Crippen LogP contribution in [-0.4, -0.2) is 18.9 Å². The highest BCUT2D eigenvalue weighted by atomic mass is 16.5. The summed E-state index contributed by atoms with van der Waals surface area (Å²) in [6.45, 7) is 1.78. The van der Waals surface area contributed by atoms with Crippen LogP contribution in [0.25, 0.3) is 10.8 Å². The molecule has 0 radical (unpaired) electrons. The molecule has 0 aliphatic carbocycles. The van der Waals surface area contributed by atoms with Crippen LogP contribution in [-0.2, 0) is 4.79 Å². The lowest BCUT2D eigenvalue weighted by atomic mass is 9.97. The third-order valence-electron chi connectivity index (χ3n) is 4.01. The number of furan rings is 1. The van der Waals surface area contributed by atoms with E-state index in [2.05, 4.69) is 10.9 Å². The molecule has 1 aromatic heterocycles. The van der Waals surface area contributed by atoms with Crippen LogP contribution in [0.3, 0.4) is 0 Å². The highest BCUT2D eigenvalue weighted by Crippen LogP contribution is 2.25.